The van der Waals surface area contributed by atoms with E-state index < -0.39 is 0 Å². The normalized spacial score (nSPS) is 20.6. The quantitative estimate of drug-likeness (QED) is 0.171. The van der Waals surface area contributed by atoms with Crippen LogP contribution in [0.5, 0.6) is 0 Å². The molecule has 5 heteroatoms. The highest BCUT2D eigenvalue weighted by Gasteiger charge is 2.45. The maximum Gasteiger partial charge on any atom is 0.164 e. The Hall–Kier alpha value is -6.38. The van der Waals surface area contributed by atoms with Gasteiger partial charge >= 0.3 is 0 Å². The topological polar surface area (TPSA) is 67.4 Å². The van der Waals surface area contributed by atoms with Gasteiger partial charge in [-0.05, 0) is 102 Å². The van der Waals surface area contributed by atoms with Crippen molar-refractivity contribution < 1.29 is 0 Å². The van der Waals surface area contributed by atoms with E-state index >= 15 is 0 Å². The second-order valence-corrected chi connectivity index (χ2v) is 16.5. The Kier molecular flexibility index (Phi) is 8.37. The molecule has 4 atom stereocenters. The summed E-state index contributed by atoms with van der Waals surface area (Å²) in [5, 5.41) is 12.0. The molecule has 2 unspecified atom stereocenters. The zero-order valence-corrected chi connectivity index (χ0v) is 31.9. The minimum Gasteiger partial charge on any atom is -0.309 e. The Bertz CT molecular complexity index is 2740. The number of nitrogens with zero attached hydrogens (tertiary/aromatic N) is 5. The monoisotopic (exact) mass is 725 g/mol. The zero-order valence-electron chi connectivity index (χ0n) is 31.9. The number of aromatic nitrogens is 4. The van der Waals surface area contributed by atoms with E-state index in [0.717, 1.165) is 67.5 Å². The maximum absolute atomic E-state index is 9.80. The minimum absolute atomic E-state index is 0.259. The Morgan fingerprint density at radius 1 is 0.536 bits per heavy atom. The molecule has 0 radical (unpaired) electrons. The van der Waals surface area contributed by atoms with Crippen molar-refractivity contribution in [2.24, 2.45) is 17.8 Å². The van der Waals surface area contributed by atoms with Crippen LogP contribution in [0.25, 0.3) is 72.8 Å². The lowest BCUT2D eigenvalue weighted by Gasteiger charge is -2.50. The van der Waals surface area contributed by atoms with E-state index in [2.05, 4.69) is 134 Å². The van der Waals surface area contributed by atoms with Crippen molar-refractivity contribution >= 4 is 21.8 Å². The molecule has 6 aromatic carbocycles. The lowest BCUT2D eigenvalue weighted by atomic mass is 9.54. The van der Waals surface area contributed by atoms with Gasteiger partial charge in [0.15, 0.2) is 17.5 Å². The average Bonchev–Trinajstić information content (AvgIpc) is 3.56. The van der Waals surface area contributed by atoms with Crippen LogP contribution in [0.3, 0.4) is 0 Å². The fourth-order valence-corrected chi connectivity index (χ4v) is 10.3. The molecule has 2 aliphatic rings. The van der Waals surface area contributed by atoms with Crippen molar-refractivity contribution in [3.63, 3.8) is 0 Å². The zero-order chi connectivity index (χ0) is 37.8. The van der Waals surface area contributed by atoms with Gasteiger partial charge in [-0.25, -0.2) is 15.0 Å². The van der Waals surface area contributed by atoms with Gasteiger partial charge < -0.3 is 4.57 Å². The molecule has 0 N–H and O–H groups in total. The number of nitriles is 1. The van der Waals surface area contributed by atoms with Gasteiger partial charge in [0.25, 0.3) is 0 Å². The summed E-state index contributed by atoms with van der Waals surface area (Å²) in [6.45, 7) is 4.90. The number of rotatable bonds is 6. The van der Waals surface area contributed by atoms with E-state index in [4.69, 9.17) is 15.0 Å². The largest absolute Gasteiger partial charge is 0.309 e. The third-order valence-corrected chi connectivity index (χ3v) is 12.4. The standard InChI is InChI=1S/C51H43N5/c1-33-25-36-26-34(2)30-51(29-33,31-36)42-21-18-40(19-22-42)49-53-48(39-16-14-38(15-17-39)37-9-5-3-6-10-37)54-50(55-49)41-20-24-45-44-23-13-35(32-52)27-46(44)56(47(45)28-41)43-11-7-4-8-12-43/h3-24,27-28,33-34,36H,25-26,29-31H2,1-2H3/t33-,34+,36?,51?. The Labute approximate surface area is 328 Å². The second kappa shape index (κ2) is 13.7. The molecule has 2 heterocycles. The highest BCUT2D eigenvalue weighted by Crippen LogP contribution is 2.54. The predicted octanol–water partition coefficient (Wildman–Crippen LogP) is 12.6. The van der Waals surface area contributed by atoms with E-state index in [1.165, 1.54) is 43.2 Å². The molecule has 272 valence electrons. The van der Waals surface area contributed by atoms with Crippen LogP contribution in [0.1, 0.15) is 57.1 Å². The van der Waals surface area contributed by atoms with E-state index in [-0.39, 0.29) is 5.41 Å². The molecular formula is C51H43N5. The summed E-state index contributed by atoms with van der Waals surface area (Å²) < 4.78 is 2.24. The van der Waals surface area contributed by atoms with Gasteiger partial charge in [-0.2, -0.15) is 5.26 Å². The molecule has 10 rings (SSSR count). The van der Waals surface area contributed by atoms with Crippen molar-refractivity contribution in [3.8, 4) is 57.0 Å². The van der Waals surface area contributed by atoms with Gasteiger partial charge in [-0.1, -0.05) is 129 Å². The van der Waals surface area contributed by atoms with E-state index in [9.17, 15) is 5.26 Å². The highest BCUT2D eigenvalue weighted by atomic mass is 15.0. The molecule has 0 saturated heterocycles. The first-order valence-corrected chi connectivity index (χ1v) is 20.0. The molecule has 8 aromatic rings. The molecule has 2 aromatic heterocycles. The molecule has 2 aliphatic carbocycles. The molecule has 0 amide bonds. The van der Waals surface area contributed by atoms with Crippen LogP contribution in [-0.4, -0.2) is 19.5 Å². The molecular weight excluding hydrogens is 683 g/mol. The second-order valence-electron chi connectivity index (χ2n) is 16.5. The summed E-state index contributed by atoms with van der Waals surface area (Å²) >= 11 is 0. The average molecular weight is 726 g/mol. The van der Waals surface area contributed by atoms with Gasteiger partial charge in [-0.15, -0.1) is 0 Å². The van der Waals surface area contributed by atoms with Crippen LogP contribution in [0.4, 0.5) is 0 Å². The first-order chi connectivity index (χ1) is 27.4. The molecule has 0 aliphatic heterocycles. The summed E-state index contributed by atoms with van der Waals surface area (Å²) in [5.74, 6) is 4.27. The SMILES string of the molecule is C[C@@H]1CC2C[C@H](C)CC(c3ccc(-c4nc(-c5ccc(-c6ccccc6)cc5)nc(-c5ccc6c7ccc(C#N)cc7n(-c7ccccc7)c6c5)n4)cc3)(C2)C1. The molecule has 2 fully saturated rings. The number of hydrogen-bond acceptors (Lipinski definition) is 4. The highest BCUT2D eigenvalue weighted by molar-refractivity contribution is 6.10. The summed E-state index contributed by atoms with van der Waals surface area (Å²) in [7, 11) is 0. The third kappa shape index (κ3) is 6.07. The summed E-state index contributed by atoms with van der Waals surface area (Å²) in [6, 6.07) is 53.2. The maximum atomic E-state index is 9.80. The van der Waals surface area contributed by atoms with Gasteiger partial charge in [-0.3, -0.25) is 0 Å². The van der Waals surface area contributed by atoms with Crippen molar-refractivity contribution in [1.82, 2.24) is 19.5 Å². The Morgan fingerprint density at radius 2 is 1.04 bits per heavy atom. The van der Waals surface area contributed by atoms with Crippen molar-refractivity contribution in [2.75, 3.05) is 0 Å². The smallest absolute Gasteiger partial charge is 0.164 e. The Morgan fingerprint density at radius 3 is 1.66 bits per heavy atom. The van der Waals surface area contributed by atoms with Gasteiger partial charge in [0.2, 0.25) is 0 Å². The Balaban J connectivity index is 1.11. The molecule has 2 saturated carbocycles. The summed E-state index contributed by atoms with van der Waals surface area (Å²) in [6.07, 6.45) is 6.58. The van der Waals surface area contributed by atoms with Crippen LogP contribution in [0, 0.1) is 29.1 Å². The van der Waals surface area contributed by atoms with E-state index in [1.807, 2.05) is 36.4 Å². The van der Waals surface area contributed by atoms with Crippen LogP contribution in [-0.2, 0) is 5.41 Å². The lowest BCUT2D eigenvalue weighted by Crippen LogP contribution is -2.42. The molecule has 56 heavy (non-hydrogen) atoms. The third-order valence-electron chi connectivity index (χ3n) is 12.4. The first kappa shape index (κ1) is 34.1. The van der Waals surface area contributed by atoms with Crippen LogP contribution in [0.2, 0.25) is 0 Å². The minimum atomic E-state index is 0.259. The van der Waals surface area contributed by atoms with Gasteiger partial charge in [0, 0.05) is 33.2 Å². The van der Waals surface area contributed by atoms with Crippen molar-refractivity contribution in [1.29, 1.82) is 5.26 Å². The van der Waals surface area contributed by atoms with Gasteiger partial charge in [0.05, 0.1) is 22.7 Å². The predicted molar refractivity (Wildman–Crippen MR) is 227 cm³/mol. The number of fused-ring (bicyclic) bond motifs is 5. The number of hydrogen-bond donors (Lipinski definition) is 0. The number of para-hydroxylation sites is 1. The lowest BCUT2D eigenvalue weighted by molar-refractivity contribution is 0.0780. The van der Waals surface area contributed by atoms with E-state index in [1.54, 1.807) is 0 Å². The van der Waals surface area contributed by atoms with Crippen molar-refractivity contribution in [3.05, 3.63) is 157 Å². The van der Waals surface area contributed by atoms with Gasteiger partial charge in [0.1, 0.15) is 0 Å². The molecule has 2 bridgehead atoms. The molecule has 5 nitrogen and oxygen atoms in total. The molecule has 0 spiro atoms. The van der Waals surface area contributed by atoms with Crippen LogP contribution >= 0.6 is 0 Å². The van der Waals surface area contributed by atoms with Crippen LogP contribution < -0.4 is 0 Å². The number of benzene rings is 6. The fraction of sp³-hybridized carbons (Fsp3) is 0.216. The summed E-state index contributed by atoms with van der Waals surface area (Å²) in [4.78, 5) is 15.5. The van der Waals surface area contributed by atoms with E-state index in [0.29, 0.717) is 23.0 Å². The first-order valence-electron chi connectivity index (χ1n) is 20.0. The fourth-order valence-electron chi connectivity index (χ4n) is 10.3. The van der Waals surface area contributed by atoms with Crippen molar-refractivity contribution in [2.45, 2.75) is 51.4 Å². The van der Waals surface area contributed by atoms with Crippen LogP contribution in [0.15, 0.2) is 146 Å². The summed E-state index contributed by atoms with van der Waals surface area (Å²) in [5.41, 5.74) is 10.5.